The Morgan fingerprint density at radius 1 is 1.21 bits per heavy atom. The monoisotopic (exact) mass is 488 g/mol. The number of unbranched alkanes of at least 4 members (excludes halogenated alkanes) is 1. The van der Waals surface area contributed by atoms with Crippen LogP contribution in [0.1, 0.15) is 51.5 Å². The van der Waals surface area contributed by atoms with Gasteiger partial charge in [0.15, 0.2) is 5.69 Å². The van der Waals surface area contributed by atoms with Crippen molar-refractivity contribution in [3.63, 3.8) is 0 Å². The molecule has 11 heteroatoms. The van der Waals surface area contributed by atoms with Gasteiger partial charge in [0.25, 0.3) is 11.5 Å². The number of nitrogen functional groups attached to an aromatic ring is 1. The van der Waals surface area contributed by atoms with Crippen molar-refractivity contribution in [1.82, 2.24) is 9.55 Å². The van der Waals surface area contributed by atoms with Crippen molar-refractivity contribution in [3.05, 3.63) is 49.6 Å². The van der Waals surface area contributed by atoms with Crippen LogP contribution in [0.25, 0.3) is 0 Å². The van der Waals surface area contributed by atoms with E-state index in [0.29, 0.717) is 30.1 Å². The second kappa shape index (κ2) is 10.7. The number of carbonyl (C=O) groups is 2. The maximum atomic E-state index is 13.5. The molecule has 0 saturated heterocycles. The summed E-state index contributed by atoms with van der Waals surface area (Å²) in [5.74, 6) is -0.891. The highest BCUT2D eigenvalue weighted by atomic mass is 35.5. The molecule has 182 valence electrons. The minimum Gasteiger partial charge on any atom is -0.383 e. The van der Waals surface area contributed by atoms with Crippen LogP contribution in [0.2, 0.25) is 5.02 Å². The van der Waals surface area contributed by atoms with Crippen LogP contribution in [0.3, 0.4) is 0 Å². The highest BCUT2D eigenvalue weighted by Gasteiger charge is 2.31. The van der Waals surface area contributed by atoms with Gasteiger partial charge in [0.2, 0.25) is 5.91 Å². The van der Waals surface area contributed by atoms with Gasteiger partial charge in [-0.2, -0.15) is 5.10 Å². The van der Waals surface area contributed by atoms with Crippen LogP contribution in [0.15, 0.2) is 32.9 Å². The molecule has 1 aromatic heterocycles. The third-order valence-electron chi connectivity index (χ3n) is 5.59. The van der Waals surface area contributed by atoms with Gasteiger partial charge in [-0.05, 0) is 37.5 Å². The van der Waals surface area contributed by atoms with E-state index in [4.69, 9.17) is 17.3 Å². The Morgan fingerprint density at radius 2 is 1.94 bits per heavy atom. The summed E-state index contributed by atoms with van der Waals surface area (Å²) in [5.41, 5.74) is 6.17. The fraction of sp³-hybridized carbons (Fsp3) is 0.435. The molecule has 0 radical (unpaired) electrons. The molecule has 2 heterocycles. The second-order valence-electron chi connectivity index (χ2n) is 8.14. The molecule has 3 rings (SSSR count). The zero-order valence-corrected chi connectivity index (χ0v) is 20.3. The zero-order chi connectivity index (χ0) is 25.0. The molecule has 0 fully saturated rings. The molecule has 10 nitrogen and oxygen atoms in total. The normalized spacial score (nSPS) is 13.7. The van der Waals surface area contributed by atoms with Crippen molar-refractivity contribution >= 4 is 46.3 Å². The molecule has 0 bridgehead atoms. The molecule has 0 unspecified atom stereocenters. The standard InChI is InChI=1S/C23H29ClN6O4/c1-4-6-12-29-20(25)19(21(32)26-23(29)34)28(11-5-2)22(33)17-9-10-18(31)30(27-17)15-8-7-14(3)16(24)13-15/h7-8,13H,4-6,9-12,25H2,1-3H3,(H,26,32,34). The average molecular weight is 489 g/mol. The lowest BCUT2D eigenvalue weighted by atomic mass is 10.1. The summed E-state index contributed by atoms with van der Waals surface area (Å²) in [6, 6.07) is 5.08. The number of hydrazone groups is 1. The molecule has 1 aromatic carbocycles. The predicted octanol–water partition coefficient (Wildman–Crippen LogP) is 2.81. The number of nitrogens with two attached hydrogens (primary N) is 1. The number of hydrogen-bond acceptors (Lipinski definition) is 6. The number of nitrogens with one attached hydrogen (secondary N) is 1. The lowest BCUT2D eigenvalue weighted by molar-refractivity contribution is -0.118. The molecule has 2 aromatic rings. The van der Waals surface area contributed by atoms with Crippen LogP contribution in [0.4, 0.5) is 17.2 Å². The number of halogens is 1. The Morgan fingerprint density at radius 3 is 2.59 bits per heavy atom. The van der Waals surface area contributed by atoms with Gasteiger partial charge in [-0.25, -0.2) is 9.80 Å². The molecule has 2 amide bonds. The molecule has 0 saturated carbocycles. The number of aromatic amines is 1. The van der Waals surface area contributed by atoms with E-state index in [1.807, 2.05) is 20.8 Å². The van der Waals surface area contributed by atoms with E-state index in [-0.39, 0.29) is 42.5 Å². The number of rotatable bonds is 8. The first kappa shape index (κ1) is 25.2. The number of hydrogen-bond donors (Lipinski definition) is 2. The van der Waals surface area contributed by atoms with Crippen molar-refractivity contribution < 1.29 is 9.59 Å². The van der Waals surface area contributed by atoms with E-state index in [1.165, 1.54) is 9.47 Å². The predicted molar refractivity (Wildman–Crippen MR) is 134 cm³/mol. The summed E-state index contributed by atoms with van der Waals surface area (Å²) < 4.78 is 1.27. The highest BCUT2D eigenvalue weighted by molar-refractivity contribution is 6.45. The number of carbonyl (C=O) groups excluding carboxylic acids is 2. The highest BCUT2D eigenvalue weighted by Crippen LogP contribution is 2.27. The zero-order valence-electron chi connectivity index (χ0n) is 19.6. The molecule has 34 heavy (non-hydrogen) atoms. The number of aryl methyl sites for hydroxylation is 1. The van der Waals surface area contributed by atoms with Gasteiger partial charge in [-0.15, -0.1) is 0 Å². The Labute approximate surface area is 202 Å². The summed E-state index contributed by atoms with van der Waals surface area (Å²) in [4.78, 5) is 54.6. The molecule has 0 spiro atoms. The van der Waals surface area contributed by atoms with Crippen molar-refractivity contribution in [1.29, 1.82) is 0 Å². The number of aromatic nitrogens is 2. The number of nitrogens with zero attached hydrogens (tertiary/aromatic N) is 4. The topological polar surface area (TPSA) is 134 Å². The lowest BCUT2D eigenvalue weighted by Gasteiger charge is -2.28. The van der Waals surface area contributed by atoms with Crippen LogP contribution < -0.4 is 26.9 Å². The molecule has 0 atom stereocenters. The quantitative estimate of drug-likeness (QED) is 0.589. The third kappa shape index (κ3) is 5.06. The van der Waals surface area contributed by atoms with Crippen molar-refractivity contribution in [2.75, 3.05) is 22.2 Å². The van der Waals surface area contributed by atoms with Crippen LogP contribution in [0, 0.1) is 6.92 Å². The lowest BCUT2D eigenvalue weighted by Crippen LogP contribution is -2.46. The first-order valence-corrected chi connectivity index (χ1v) is 11.7. The molecule has 0 aliphatic carbocycles. The molecule has 1 aliphatic heterocycles. The van der Waals surface area contributed by atoms with E-state index in [1.54, 1.807) is 18.2 Å². The van der Waals surface area contributed by atoms with E-state index in [0.717, 1.165) is 17.0 Å². The van der Waals surface area contributed by atoms with E-state index < -0.39 is 17.2 Å². The first-order valence-electron chi connectivity index (χ1n) is 11.3. The first-order chi connectivity index (χ1) is 16.2. The van der Waals surface area contributed by atoms with Crippen molar-refractivity contribution in [3.8, 4) is 0 Å². The molecular weight excluding hydrogens is 460 g/mol. The Kier molecular flexibility index (Phi) is 7.93. The van der Waals surface area contributed by atoms with Crippen LogP contribution in [-0.4, -0.2) is 33.6 Å². The summed E-state index contributed by atoms with van der Waals surface area (Å²) >= 11 is 6.21. The molecule has 1 aliphatic rings. The fourth-order valence-electron chi connectivity index (χ4n) is 3.69. The van der Waals surface area contributed by atoms with Gasteiger partial charge in [-0.1, -0.05) is 37.9 Å². The Hall–Kier alpha value is -3.40. The van der Waals surface area contributed by atoms with Gasteiger partial charge in [0, 0.05) is 31.0 Å². The summed E-state index contributed by atoms with van der Waals surface area (Å²) in [5, 5.41) is 5.94. The van der Waals surface area contributed by atoms with Gasteiger partial charge in [0.05, 0.1) is 5.69 Å². The van der Waals surface area contributed by atoms with Crippen molar-refractivity contribution in [2.45, 2.75) is 59.4 Å². The average Bonchev–Trinajstić information content (AvgIpc) is 2.80. The van der Waals surface area contributed by atoms with E-state index in [2.05, 4.69) is 10.1 Å². The van der Waals surface area contributed by atoms with Gasteiger partial charge >= 0.3 is 5.69 Å². The van der Waals surface area contributed by atoms with E-state index in [9.17, 15) is 19.2 Å². The second-order valence-corrected chi connectivity index (χ2v) is 8.55. The summed E-state index contributed by atoms with van der Waals surface area (Å²) in [7, 11) is 0. The van der Waals surface area contributed by atoms with Crippen LogP contribution in [0.5, 0.6) is 0 Å². The van der Waals surface area contributed by atoms with Crippen LogP contribution in [-0.2, 0) is 16.1 Å². The minimum absolute atomic E-state index is 0.0673. The largest absolute Gasteiger partial charge is 0.383 e. The Bertz CT molecular complexity index is 1250. The smallest absolute Gasteiger partial charge is 0.330 e. The maximum absolute atomic E-state index is 13.5. The maximum Gasteiger partial charge on any atom is 0.330 e. The van der Waals surface area contributed by atoms with Gasteiger partial charge < -0.3 is 5.73 Å². The fourth-order valence-corrected chi connectivity index (χ4v) is 3.87. The van der Waals surface area contributed by atoms with Crippen LogP contribution >= 0.6 is 11.6 Å². The summed E-state index contributed by atoms with van der Waals surface area (Å²) in [6.07, 6.45) is 2.21. The number of anilines is 3. The molecular formula is C23H29ClN6O4. The minimum atomic E-state index is -0.744. The van der Waals surface area contributed by atoms with E-state index >= 15 is 0 Å². The van der Waals surface area contributed by atoms with Gasteiger partial charge in [0.1, 0.15) is 11.5 Å². The number of benzene rings is 1. The Balaban J connectivity index is 2.05. The third-order valence-corrected chi connectivity index (χ3v) is 6.00. The molecule has 3 N–H and O–H groups in total. The SMILES string of the molecule is CCCCn1c(N)c(N(CCC)C(=O)C2=NN(c3ccc(C)c(Cl)c3)C(=O)CC2)c(=O)[nH]c1=O. The van der Waals surface area contributed by atoms with Crippen molar-refractivity contribution in [2.24, 2.45) is 5.10 Å². The number of amides is 2. The number of H-pyrrole nitrogens is 1. The van der Waals surface area contributed by atoms with Gasteiger partial charge in [-0.3, -0.25) is 28.8 Å². The summed E-state index contributed by atoms with van der Waals surface area (Å²) in [6.45, 7) is 6.16.